The van der Waals surface area contributed by atoms with Crippen LogP contribution < -0.4 is 5.56 Å². The van der Waals surface area contributed by atoms with Crippen LogP contribution >= 0.6 is 11.8 Å². The largest absolute Gasteiger partial charge is 0.411 e. The van der Waals surface area contributed by atoms with Crippen LogP contribution in [0.4, 0.5) is 0 Å². The minimum Gasteiger partial charge on any atom is -0.411 e. The molecule has 0 spiro atoms. The molecule has 9 nitrogen and oxygen atoms in total. The van der Waals surface area contributed by atoms with E-state index in [1.165, 1.54) is 16.1 Å². The molecule has 3 heterocycles. The summed E-state index contributed by atoms with van der Waals surface area (Å²) in [5.74, 6) is 1.07. The maximum absolute atomic E-state index is 13.0. The summed E-state index contributed by atoms with van der Waals surface area (Å²) in [7, 11) is -3.56. The third-order valence-electron chi connectivity index (χ3n) is 5.43. The molecule has 0 radical (unpaired) electrons. The number of piperidine rings is 1. The predicted octanol–water partition coefficient (Wildman–Crippen LogP) is 3.44. The number of H-pyrrole nitrogens is 1. The Morgan fingerprint density at radius 1 is 1.03 bits per heavy atom. The first-order valence-electron chi connectivity index (χ1n) is 10.6. The number of thioether (sulfide) groups is 1. The molecule has 5 rings (SSSR count). The summed E-state index contributed by atoms with van der Waals surface area (Å²) in [4.78, 5) is 19.7. The highest BCUT2D eigenvalue weighted by molar-refractivity contribution is 7.98. The Hall–Kier alpha value is -3.02. The standard InChI is InChI=1S/C22H21N5O4S2/c28-20-17-9-2-3-10-18(17)23-19(24-20)14-32-22-26-25-21(31-22)15-7-6-8-16(13-15)33(29,30)27-11-4-1-5-12-27/h2-3,6-10,13H,1,4-5,11-12,14H2,(H,23,24,28). The highest BCUT2D eigenvalue weighted by Crippen LogP contribution is 2.28. The van der Waals surface area contributed by atoms with Crippen LogP contribution in [0.3, 0.4) is 0 Å². The molecular weight excluding hydrogens is 462 g/mol. The Morgan fingerprint density at radius 2 is 1.85 bits per heavy atom. The van der Waals surface area contributed by atoms with Crippen molar-refractivity contribution in [2.75, 3.05) is 13.1 Å². The molecule has 1 saturated heterocycles. The summed E-state index contributed by atoms with van der Waals surface area (Å²) >= 11 is 1.24. The lowest BCUT2D eigenvalue weighted by molar-refractivity contribution is 0.346. The Balaban J connectivity index is 1.33. The normalized spacial score (nSPS) is 15.2. The second-order valence-corrected chi connectivity index (χ2v) is 10.5. The molecule has 1 fully saturated rings. The number of hydrogen-bond donors (Lipinski definition) is 1. The molecule has 0 amide bonds. The highest BCUT2D eigenvalue weighted by atomic mass is 32.2. The van der Waals surface area contributed by atoms with Crippen LogP contribution in [0.15, 0.2) is 67.9 Å². The van der Waals surface area contributed by atoms with Crippen molar-refractivity contribution >= 4 is 32.7 Å². The van der Waals surface area contributed by atoms with Gasteiger partial charge in [-0.3, -0.25) is 4.79 Å². The molecule has 11 heteroatoms. The van der Waals surface area contributed by atoms with Crippen LogP contribution in [0.5, 0.6) is 0 Å². The van der Waals surface area contributed by atoms with Gasteiger partial charge in [0.05, 0.1) is 21.6 Å². The summed E-state index contributed by atoms with van der Waals surface area (Å²) in [5, 5.41) is 8.93. The average Bonchev–Trinajstić information content (AvgIpc) is 3.33. The topological polar surface area (TPSA) is 122 Å². The van der Waals surface area contributed by atoms with Crippen molar-refractivity contribution in [1.29, 1.82) is 0 Å². The van der Waals surface area contributed by atoms with Crippen molar-refractivity contribution in [3.8, 4) is 11.5 Å². The molecule has 0 bridgehead atoms. The molecule has 1 aliphatic heterocycles. The number of aromatic nitrogens is 4. The van der Waals surface area contributed by atoms with E-state index in [9.17, 15) is 13.2 Å². The van der Waals surface area contributed by atoms with Crippen molar-refractivity contribution in [3.63, 3.8) is 0 Å². The average molecular weight is 484 g/mol. The maximum Gasteiger partial charge on any atom is 0.277 e. The lowest BCUT2D eigenvalue weighted by Gasteiger charge is -2.25. The van der Waals surface area contributed by atoms with Crippen LogP contribution in [-0.2, 0) is 15.8 Å². The van der Waals surface area contributed by atoms with Gasteiger partial charge in [0, 0.05) is 18.7 Å². The van der Waals surface area contributed by atoms with Crippen molar-refractivity contribution in [1.82, 2.24) is 24.5 Å². The van der Waals surface area contributed by atoms with Crippen LogP contribution in [-0.4, -0.2) is 46.0 Å². The Labute approximate surface area is 194 Å². The lowest BCUT2D eigenvalue weighted by Crippen LogP contribution is -2.35. The monoisotopic (exact) mass is 483 g/mol. The molecule has 2 aromatic heterocycles. The van der Waals surface area contributed by atoms with Crippen molar-refractivity contribution in [2.24, 2.45) is 0 Å². The molecule has 0 saturated carbocycles. The van der Waals surface area contributed by atoms with Gasteiger partial charge in [0.2, 0.25) is 15.9 Å². The zero-order chi connectivity index (χ0) is 22.8. The lowest BCUT2D eigenvalue weighted by atomic mass is 10.2. The van der Waals surface area contributed by atoms with Gasteiger partial charge in [-0.1, -0.05) is 36.4 Å². The van der Waals surface area contributed by atoms with E-state index >= 15 is 0 Å². The van der Waals surface area contributed by atoms with Crippen LogP contribution in [0.2, 0.25) is 0 Å². The van der Waals surface area contributed by atoms with Crippen LogP contribution in [0, 0.1) is 0 Å². The van der Waals surface area contributed by atoms with Crippen molar-refractivity contribution < 1.29 is 12.8 Å². The number of benzene rings is 2. The number of hydrogen-bond acceptors (Lipinski definition) is 8. The fraction of sp³-hybridized carbons (Fsp3) is 0.273. The molecule has 1 aliphatic rings. The molecule has 33 heavy (non-hydrogen) atoms. The third-order valence-corrected chi connectivity index (χ3v) is 8.16. The Morgan fingerprint density at radius 3 is 2.70 bits per heavy atom. The fourth-order valence-corrected chi connectivity index (χ4v) is 5.96. The summed E-state index contributed by atoms with van der Waals surface area (Å²) < 4.78 is 33.2. The number of rotatable bonds is 6. The summed E-state index contributed by atoms with van der Waals surface area (Å²) in [5.41, 5.74) is 0.952. The number of nitrogens with zero attached hydrogens (tertiary/aromatic N) is 4. The van der Waals surface area contributed by atoms with Gasteiger partial charge in [-0.25, -0.2) is 13.4 Å². The molecule has 0 atom stereocenters. The van der Waals surface area contributed by atoms with Crippen LogP contribution in [0.1, 0.15) is 25.1 Å². The molecule has 170 valence electrons. The Bertz CT molecular complexity index is 1460. The zero-order valence-electron chi connectivity index (χ0n) is 17.6. The first-order chi connectivity index (χ1) is 16.0. The van der Waals surface area contributed by atoms with Crippen molar-refractivity contribution in [2.45, 2.75) is 35.1 Å². The molecule has 1 N–H and O–H groups in total. The quantitative estimate of drug-likeness (QED) is 0.414. The van der Waals surface area contributed by atoms with Crippen molar-refractivity contribution in [3.05, 3.63) is 64.7 Å². The van der Waals surface area contributed by atoms with E-state index in [4.69, 9.17) is 4.42 Å². The van der Waals surface area contributed by atoms with E-state index in [2.05, 4.69) is 20.2 Å². The van der Waals surface area contributed by atoms with E-state index in [-0.39, 0.29) is 16.3 Å². The molecule has 0 unspecified atom stereocenters. The summed E-state index contributed by atoms with van der Waals surface area (Å²) in [6, 6.07) is 13.7. The van der Waals surface area contributed by atoms with Crippen LogP contribution in [0.25, 0.3) is 22.4 Å². The number of para-hydroxylation sites is 1. The maximum atomic E-state index is 13.0. The number of nitrogens with one attached hydrogen (secondary N) is 1. The minimum atomic E-state index is -3.56. The van der Waals surface area contributed by atoms with E-state index in [0.717, 1.165) is 19.3 Å². The SMILES string of the molecule is O=c1[nH]c(CSc2nnc(-c3cccc(S(=O)(=O)N4CCCCC4)c3)o2)nc2ccccc12. The van der Waals surface area contributed by atoms with Gasteiger partial charge in [-0.05, 0) is 43.2 Å². The second kappa shape index (κ2) is 9.08. The highest BCUT2D eigenvalue weighted by Gasteiger charge is 2.26. The molecule has 2 aromatic carbocycles. The number of aromatic amines is 1. The summed E-state index contributed by atoms with van der Waals surface area (Å²) in [6.45, 7) is 1.08. The number of fused-ring (bicyclic) bond motifs is 1. The zero-order valence-corrected chi connectivity index (χ0v) is 19.2. The van der Waals surface area contributed by atoms with Gasteiger partial charge in [-0.15, -0.1) is 10.2 Å². The van der Waals surface area contributed by atoms with Gasteiger partial charge < -0.3 is 9.40 Å². The smallest absolute Gasteiger partial charge is 0.277 e. The van der Waals surface area contributed by atoms with Gasteiger partial charge in [0.1, 0.15) is 5.82 Å². The minimum absolute atomic E-state index is 0.200. The first kappa shape index (κ1) is 21.8. The molecular formula is C22H21N5O4S2. The van der Waals surface area contributed by atoms with E-state index in [0.29, 0.717) is 46.4 Å². The number of sulfonamides is 1. The predicted molar refractivity (Wildman–Crippen MR) is 124 cm³/mol. The van der Waals surface area contributed by atoms with E-state index < -0.39 is 10.0 Å². The van der Waals surface area contributed by atoms with Gasteiger partial charge in [-0.2, -0.15) is 4.31 Å². The third kappa shape index (κ3) is 4.56. The summed E-state index contributed by atoms with van der Waals surface area (Å²) in [6.07, 6.45) is 2.80. The molecule has 0 aliphatic carbocycles. The van der Waals surface area contributed by atoms with E-state index in [1.54, 1.807) is 42.5 Å². The fourth-order valence-electron chi connectivity index (χ4n) is 3.76. The van der Waals surface area contributed by atoms with Gasteiger partial charge >= 0.3 is 0 Å². The first-order valence-corrected chi connectivity index (χ1v) is 13.0. The van der Waals surface area contributed by atoms with Gasteiger partial charge in [0.25, 0.3) is 10.8 Å². The van der Waals surface area contributed by atoms with Gasteiger partial charge in [0.15, 0.2) is 0 Å². The Kier molecular flexibility index (Phi) is 6.00. The second-order valence-electron chi connectivity index (χ2n) is 7.68. The molecule has 4 aromatic rings. The van der Waals surface area contributed by atoms with E-state index in [1.807, 2.05) is 6.07 Å².